The Balaban J connectivity index is 1.65. The van der Waals surface area contributed by atoms with Crippen LogP contribution in [-0.4, -0.2) is 66.2 Å². The van der Waals surface area contributed by atoms with E-state index in [0.717, 1.165) is 22.5 Å². The number of benzene rings is 1. The van der Waals surface area contributed by atoms with Crippen molar-refractivity contribution in [2.45, 2.75) is 13.5 Å². The molecule has 0 spiro atoms. The largest absolute Gasteiger partial charge is 0.497 e. The third-order valence-corrected chi connectivity index (χ3v) is 6.18. The van der Waals surface area contributed by atoms with Crippen molar-refractivity contribution >= 4 is 45.1 Å². The number of fused-ring (bicyclic) bond motifs is 1. The first-order valence-corrected chi connectivity index (χ1v) is 10.8. The summed E-state index contributed by atoms with van der Waals surface area (Å²) in [6.07, 6.45) is 0. The molecule has 1 fully saturated rings. The maximum Gasteiger partial charge on any atom is 0.258 e. The molecule has 3 rings (SSSR count). The van der Waals surface area contributed by atoms with Gasteiger partial charge in [-0.25, -0.2) is 0 Å². The average Bonchev–Trinajstić information content (AvgIpc) is 3.04. The fraction of sp³-hybridized carbons (Fsp3) is 0.500. The molecule has 146 valence electrons. The van der Waals surface area contributed by atoms with Crippen molar-refractivity contribution in [2.75, 3.05) is 44.9 Å². The molecule has 1 aromatic heterocycles. The van der Waals surface area contributed by atoms with E-state index in [0.29, 0.717) is 36.9 Å². The van der Waals surface area contributed by atoms with Crippen LogP contribution in [0, 0.1) is 0 Å². The van der Waals surface area contributed by atoms with Gasteiger partial charge in [0.1, 0.15) is 5.75 Å². The molecule has 0 aliphatic carbocycles. The van der Waals surface area contributed by atoms with Crippen LogP contribution in [0.4, 0.5) is 0 Å². The van der Waals surface area contributed by atoms with Gasteiger partial charge in [-0.15, -0.1) is 11.8 Å². The van der Waals surface area contributed by atoms with Crippen LogP contribution in [0.1, 0.15) is 6.92 Å². The fourth-order valence-corrected chi connectivity index (χ4v) is 4.68. The van der Waals surface area contributed by atoms with Crippen molar-refractivity contribution in [3.05, 3.63) is 23.0 Å². The predicted octanol–water partition coefficient (Wildman–Crippen LogP) is 1.75. The van der Waals surface area contributed by atoms with Crippen molar-refractivity contribution in [2.24, 2.45) is 4.99 Å². The van der Waals surface area contributed by atoms with Gasteiger partial charge in [0.15, 0.2) is 4.80 Å². The molecule has 27 heavy (non-hydrogen) atoms. The van der Waals surface area contributed by atoms with Crippen molar-refractivity contribution < 1.29 is 19.1 Å². The molecule has 9 heteroatoms. The summed E-state index contributed by atoms with van der Waals surface area (Å²) < 4.78 is 13.5. The molecule has 1 aliphatic rings. The Labute approximate surface area is 166 Å². The lowest BCUT2D eigenvalue weighted by molar-refractivity contribution is -0.132. The Bertz CT molecular complexity index is 884. The van der Waals surface area contributed by atoms with Gasteiger partial charge < -0.3 is 18.9 Å². The number of thioether (sulfide) groups is 1. The summed E-state index contributed by atoms with van der Waals surface area (Å²) in [5.41, 5.74) is 1.03. The van der Waals surface area contributed by atoms with E-state index in [1.54, 1.807) is 12.0 Å². The number of ether oxygens (including phenoxy) is 2. The van der Waals surface area contributed by atoms with E-state index in [9.17, 15) is 9.59 Å². The number of amides is 2. The standard InChI is InChI=1S/C18H23N3O4S2/c1-3-21-14-5-4-13(24-2)10-15(14)27-18(21)19-16(22)11-26-12-17(23)20-6-8-25-9-7-20/h4-5,10H,3,6-9,11-12H2,1-2H3. The van der Waals surface area contributed by atoms with Gasteiger partial charge in [0, 0.05) is 19.6 Å². The number of aromatic nitrogens is 1. The third kappa shape index (κ3) is 4.91. The van der Waals surface area contributed by atoms with Gasteiger partial charge in [-0.05, 0) is 25.1 Å². The number of thiazole rings is 1. The first-order chi connectivity index (χ1) is 13.1. The second kappa shape index (κ2) is 9.38. The number of morpholine rings is 1. The molecule has 0 unspecified atom stereocenters. The van der Waals surface area contributed by atoms with Gasteiger partial charge >= 0.3 is 0 Å². The van der Waals surface area contributed by atoms with E-state index < -0.39 is 0 Å². The Kier molecular flexibility index (Phi) is 6.92. The molecule has 2 amide bonds. The van der Waals surface area contributed by atoms with Gasteiger partial charge in [0.2, 0.25) is 5.91 Å². The zero-order valence-electron chi connectivity index (χ0n) is 15.5. The topological polar surface area (TPSA) is 73.1 Å². The van der Waals surface area contributed by atoms with Crippen LogP contribution in [-0.2, 0) is 20.9 Å². The Morgan fingerprint density at radius 3 is 2.78 bits per heavy atom. The van der Waals surface area contributed by atoms with Gasteiger partial charge in [-0.2, -0.15) is 4.99 Å². The van der Waals surface area contributed by atoms with Crippen molar-refractivity contribution in [1.82, 2.24) is 9.47 Å². The number of hydrogen-bond donors (Lipinski definition) is 0. The van der Waals surface area contributed by atoms with E-state index in [4.69, 9.17) is 9.47 Å². The first-order valence-electron chi connectivity index (χ1n) is 8.80. The molecule has 1 aromatic carbocycles. The number of carbonyl (C=O) groups excluding carboxylic acids is 2. The van der Waals surface area contributed by atoms with Crippen LogP contribution < -0.4 is 9.54 Å². The van der Waals surface area contributed by atoms with Gasteiger partial charge in [0.25, 0.3) is 5.91 Å². The van der Waals surface area contributed by atoms with E-state index in [-0.39, 0.29) is 17.6 Å². The molecular weight excluding hydrogens is 386 g/mol. The van der Waals surface area contributed by atoms with Gasteiger partial charge in [0.05, 0.1) is 42.0 Å². The summed E-state index contributed by atoms with van der Waals surface area (Å²) in [5, 5.41) is 0. The van der Waals surface area contributed by atoms with Crippen molar-refractivity contribution in [1.29, 1.82) is 0 Å². The SMILES string of the molecule is CCn1c(=NC(=O)CSCC(=O)N2CCOCC2)sc2cc(OC)ccc21. The molecule has 0 bridgehead atoms. The second-order valence-electron chi connectivity index (χ2n) is 5.95. The van der Waals surface area contributed by atoms with Crippen LogP contribution in [0.25, 0.3) is 10.2 Å². The molecule has 2 heterocycles. The second-order valence-corrected chi connectivity index (χ2v) is 7.95. The highest BCUT2D eigenvalue weighted by molar-refractivity contribution is 8.00. The lowest BCUT2D eigenvalue weighted by Crippen LogP contribution is -2.41. The summed E-state index contributed by atoms with van der Waals surface area (Å²) in [7, 11) is 1.63. The molecule has 0 atom stereocenters. The lowest BCUT2D eigenvalue weighted by Gasteiger charge is -2.26. The molecule has 7 nitrogen and oxygen atoms in total. The van der Waals surface area contributed by atoms with Crippen molar-refractivity contribution in [3.63, 3.8) is 0 Å². The highest BCUT2D eigenvalue weighted by Crippen LogP contribution is 2.23. The highest BCUT2D eigenvalue weighted by atomic mass is 32.2. The van der Waals surface area contributed by atoms with Crippen LogP contribution in [0.2, 0.25) is 0 Å². The maximum atomic E-state index is 12.3. The number of carbonyl (C=O) groups is 2. The lowest BCUT2D eigenvalue weighted by atomic mass is 10.3. The monoisotopic (exact) mass is 409 g/mol. The number of aryl methyl sites for hydroxylation is 1. The number of nitrogens with zero attached hydrogens (tertiary/aromatic N) is 3. The van der Waals surface area contributed by atoms with Crippen molar-refractivity contribution in [3.8, 4) is 5.75 Å². The average molecular weight is 410 g/mol. The van der Waals surface area contributed by atoms with Crippen LogP contribution in [0.5, 0.6) is 5.75 Å². The molecule has 2 aromatic rings. The highest BCUT2D eigenvalue weighted by Gasteiger charge is 2.17. The van der Waals surface area contributed by atoms with E-state index in [2.05, 4.69) is 4.99 Å². The van der Waals surface area contributed by atoms with Crippen LogP contribution in [0.3, 0.4) is 0 Å². The predicted molar refractivity (Wildman–Crippen MR) is 107 cm³/mol. The molecule has 1 aliphatic heterocycles. The minimum Gasteiger partial charge on any atom is -0.497 e. The number of methoxy groups -OCH3 is 1. The molecule has 0 N–H and O–H groups in total. The number of rotatable bonds is 6. The summed E-state index contributed by atoms with van der Waals surface area (Å²) in [5.74, 6) is 1.09. The minimum absolute atomic E-state index is 0.0497. The molecular formula is C18H23N3O4S2. The van der Waals surface area contributed by atoms with Gasteiger partial charge in [-0.1, -0.05) is 11.3 Å². The van der Waals surface area contributed by atoms with Gasteiger partial charge in [-0.3, -0.25) is 9.59 Å². The summed E-state index contributed by atoms with van der Waals surface area (Å²) >= 11 is 2.77. The Morgan fingerprint density at radius 2 is 2.07 bits per heavy atom. The van der Waals surface area contributed by atoms with E-state index >= 15 is 0 Å². The summed E-state index contributed by atoms with van der Waals surface area (Å²) in [4.78, 5) is 31.1. The summed E-state index contributed by atoms with van der Waals surface area (Å²) in [6, 6.07) is 5.83. The van der Waals surface area contributed by atoms with E-state index in [1.165, 1.54) is 23.1 Å². The molecule has 1 saturated heterocycles. The first kappa shape index (κ1) is 19.9. The minimum atomic E-state index is -0.226. The quantitative estimate of drug-likeness (QED) is 0.727. The van der Waals surface area contributed by atoms with Crippen LogP contribution in [0.15, 0.2) is 23.2 Å². The maximum absolute atomic E-state index is 12.3. The summed E-state index contributed by atoms with van der Waals surface area (Å²) in [6.45, 7) is 5.16. The molecule has 0 saturated carbocycles. The Hall–Kier alpha value is -1.84. The normalized spacial score (nSPS) is 15.3. The molecule has 0 radical (unpaired) electrons. The fourth-order valence-electron chi connectivity index (χ4n) is 2.84. The zero-order chi connectivity index (χ0) is 19.2. The van der Waals surface area contributed by atoms with Crippen LogP contribution >= 0.6 is 23.1 Å². The Morgan fingerprint density at radius 1 is 1.30 bits per heavy atom. The smallest absolute Gasteiger partial charge is 0.258 e. The third-order valence-electron chi connectivity index (χ3n) is 4.24. The zero-order valence-corrected chi connectivity index (χ0v) is 17.1. The van der Waals surface area contributed by atoms with E-state index in [1.807, 2.05) is 29.7 Å². The number of hydrogen-bond acceptors (Lipinski definition) is 6.